The van der Waals surface area contributed by atoms with E-state index in [2.05, 4.69) is 5.32 Å². The van der Waals surface area contributed by atoms with Crippen molar-refractivity contribution in [2.24, 2.45) is 0 Å². The van der Waals surface area contributed by atoms with E-state index in [0.29, 0.717) is 0 Å². The molecular formula is C14H20ClNO. The minimum Gasteiger partial charge on any atom is -0.394 e. The van der Waals surface area contributed by atoms with Gasteiger partial charge in [0.15, 0.2) is 0 Å². The highest BCUT2D eigenvalue weighted by molar-refractivity contribution is 6.30. The van der Waals surface area contributed by atoms with Crippen LogP contribution in [0.1, 0.15) is 38.5 Å². The topological polar surface area (TPSA) is 32.3 Å². The maximum absolute atomic E-state index is 9.69. The summed E-state index contributed by atoms with van der Waals surface area (Å²) < 4.78 is 0. The third-order valence-electron chi connectivity index (χ3n) is 3.62. The number of aliphatic hydroxyl groups is 1. The molecule has 0 bridgehead atoms. The Morgan fingerprint density at radius 2 is 1.65 bits per heavy atom. The second-order valence-electron chi connectivity index (χ2n) is 4.98. The molecule has 0 amide bonds. The van der Waals surface area contributed by atoms with Crippen LogP contribution in [0.15, 0.2) is 24.3 Å². The van der Waals surface area contributed by atoms with Crippen molar-refractivity contribution in [3.05, 3.63) is 29.3 Å². The molecule has 1 aliphatic carbocycles. The van der Waals surface area contributed by atoms with E-state index in [1.165, 1.54) is 25.7 Å². The Morgan fingerprint density at radius 3 is 2.18 bits per heavy atom. The maximum Gasteiger partial charge on any atom is 0.0661 e. The molecule has 0 unspecified atom stereocenters. The predicted octanol–water partition coefficient (Wildman–Crippen LogP) is 3.84. The van der Waals surface area contributed by atoms with Crippen molar-refractivity contribution in [2.75, 3.05) is 11.9 Å². The van der Waals surface area contributed by atoms with Gasteiger partial charge in [0.05, 0.1) is 12.1 Å². The zero-order valence-electron chi connectivity index (χ0n) is 10.1. The number of hydrogen-bond acceptors (Lipinski definition) is 2. The summed E-state index contributed by atoms with van der Waals surface area (Å²) in [6.45, 7) is 0.204. The molecule has 2 rings (SSSR count). The molecular weight excluding hydrogens is 234 g/mol. The van der Waals surface area contributed by atoms with Gasteiger partial charge in [0.2, 0.25) is 0 Å². The van der Waals surface area contributed by atoms with Gasteiger partial charge < -0.3 is 10.4 Å². The first-order chi connectivity index (χ1) is 8.24. The van der Waals surface area contributed by atoms with Crippen LogP contribution in [0.3, 0.4) is 0 Å². The molecule has 0 aromatic heterocycles. The fraction of sp³-hybridized carbons (Fsp3) is 0.571. The van der Waals surface area contributed by atoms with Gasteiger partial charge in [-0.3, -0.25) is 0 Å². The van der Waals surface area contributed by atoms with Crippen LogP contribution < -0.4 is 5.32 Å². The predicted molar refractivity (Wildman–Crippen MR) is 72.6 cm³/mol. The summed E-state index contributed by atoms with van der Waals surface area (Å²) >= 11 is 5.87. The quantitative estimate of drug-likeness (QED) is 0.803. The summed E-state index contributed by atoms with van der Waals surface area (Å²) in [5.41, 5.74) is 0.912. The SMILES string of the molecule is OCC1(Nc2ccc(Cl)cc2)CCCCCC1. The van der Waals surface area contributed by atoms with Crippen LogP contribution in [-0.4, -0.2) is 17.3 Å². The van der Waals surface area contributed by atoms with Crippen molar-refractivity contribution in [3.63, 3.8) is 0 Å². The first kappa shape index (κ1) is 12.7. The highest BCUT2D eigenvalue weighted by Crippen LogP contribution is 2.30. The molecule has 0 heterocycles. The van der Waals surface area contributed by atoms with Gasteiger partial charge in [0.25, 0.3) is 0 Å². The summed E-state index contributed by atoms with van der Waals surface area (Å²) in [6, 6.07) is 7.71. The van der Waals surface area contributed by atoms with Crippen LogP contribution in [0.5, 0.6) is 0 Å². The summed E-state index contributed by atoms with van der Waals surface area (Å²) in [7, 11) is 0. The van der Waals surface area contributed by atoms with Crippen LogP contribution in [0.2, 0.25) is 5.02 Å². The van der Waals surface area contributed by atoms with Gasteiger partial charge in [-0.15, -0.1) is 0 Å². The molecule has 1 aromatic carbocycles. The third kappa shape index (κ3) is 3.36. The first-order valence-corrected chi connectivity index (χ1v) is 6.77. The molecule has 1 aromatic rings. The molecule has 2 nitrogen and oxygen atoms in total. The highest BCUT2D eigenvalue weighted by Gasteiger charge is 2.29. The summed E-state index contributed by atoms with van der Waals surface area (Å²) in [4.78, 5) is 0. The van der Waals surface area contributed by atoms with Crippen molar-refractivity contribution in [1.29, 1.82) is 0 Å². The average Bonchev–Trinajstić information content (AvgIpc) is 2.58. The lowest BCUT2D eigenvalue weighted by Gasteiger charge is -2.33. The van der Waals surface area contributed by atoms with Crippen LogP contribution >= 0.6 is 11.6 Å². The monoisotopic (exact) mass is 253 g/mol. The fourth-order valence-corrected chi connectivity index (χ4v) is 2.69. The molecule has 0 atom stereocenters. The van der Waals surface area contributed by atoms with E-state index in [0.717, 1.165) is 23.6 Å². The summed E-state index contributed by atoms with van der Waals surface area (Å²) in [6.07, 6.45) is 7.05. The van der Waals surface area contributed by atoms with Crippen LogP contribution in [0, 0.1) is 0 Å². The van der Waals surface area contributed by atoms with E-state index < -0.39 is 0 Å². The van der Waals surface area contributed by atoms with Crippen molar-refractivity contribution >= 4 is 17.3 Å². The van der Waals surface area contributed by atoms with Gasteiger partial charge in [-0.1, -0.05) is 37.3 Å². The standard InChI is InChI=1S/C14H20ClNO/c15-12-5-7-13(8-6-12)16-14(11-17)9-3-1-2-4-10-14/h5-8,16-17H,1-4,9-11H2. The molecule has 0 spiro atoms. The smallest absolute Gasteiger partial charge is 0.0661 e. The lowest BCUT2D eigenvalue weighted by atomic mass is 9.91. The molecule has 0 aliphatic heterocycles. The normalized spacial score (nSPS) is 19.6. The van der Waals surface area contributed by atoms with E-state index in [1.807, 2.05) is 24.3 Å². The summed E-state index contributed by atoms with van der Waals surface area (Å²) in [5.74, 6) is 0. The van der Waals surface area contributed by atoms with Gasteiger partial charge in [-0.05, 0) is 37.1 Å². The molecule has 3 heteroatoms. The minimum atomic E-state index is -0.135. The largest absolute Gasteiger partial charge is 0.394 e. The number of halogens is 1. The third-order valence-corrected chi connectivity index (χ3v) is 3.87. The maximum atomic E-state index is 9.69. The lowest BCUT2D eigenvalue weighted by Crippen LogP contribution is -2.41. The van der Waals surface area contributed by atoms with E-state index in [-0.39, 0.29) is 12.1 Å². The van der Waals surface area contributed by atoms with Crippen molar-refractivity contribution in [1.82, 2.24) is 0 Å². The van der Waals surface area contributed by atoms with Gasteiger partial charge in [0.1, 0.15) is 0 Å². The number of benzene rings is 1. The van der Waals surface area contributed by atoms with E-state index in [1.54, 1.807) is 0 Å². The van der Waals surface area contributed by atoms with E-state index in [4.69, 9.17) is 11.6 Å². The van der Waals surface area contributed by atoms with Crippen LogP contribution in [-0.2, 0) is 0 Å². The van der Waals surface area contributed by atoms with Crippen molar-refractivity contribution in [3.8, 4) is 0 Å². The second-order valence-corrected chi connectivity index (χ2v) is 5.42. The summed E-state index contributed by atoms with van der Waals surface area (Å²) in [5, 5.41) is 13.9. The zero-order valence-corrected chi connectivity index (χ0v) is 10.8. The van der Waals surface area contributed by atoms with Gasteiger partial charge >= 0.3 is 0 Å². The van der Waals surface area contributed by atoms with E-state index in [9.17, 15) is 5.11 Å². The Balaban J connectivity index is 2.09. The van der Waals surface area contributed by atoms with Crippen LogP contribution in [0.25, 0.3) is 0 Å². The Kier molecular flexibility index (Phi) is 4.30. The second kappa shape index (κ2) is 5.74. The Bertz CT molecular complexity index is 342. The number of nitrogens with one attached hydrogen (secondary N) is 1. The molecule has 1 aliphatic rings. The number of hydrogen-bond donors (Lipinski definition) is 2. The zero-order chi connectivity index (χ0) is 12.1. The van der Waals surface area contributed by atoms with Crippen molar-refractivity contribution in [2.45, 2.75) is 44.1 Å². The average molecular weight is 254 g/mol. The molecule has 2 N–H and O–H groups in total. The van der Waals surface area contributed by atoms with Crippen molar-refractivity contribution < 1.29 is 5.11 Å². The Hall–Kier alpha value is -0.730. The van der Waals surface area contributed by atoms with Crippen LogP contribution in [0.4, 0.5) is 5.69 Å². The van der Waals surface area contributed by atoms with E-state index >= 15 is 0 Å². The molecule has 1 fully saturated rings. The lowest BCUT2D eigenvalue weighted by molar-refractivity contribution is 0.196. The van der Waals surface area contributed by atoms with Gasteiger partial charge in [-0.25, -0.2) is 0 Å². The molecule has 1 saturated carbocycles. The molecule has 94 valence electrons. The number of aliphatic hydroxyl groups excluding tert-OH is 1. The van der Waals surface area contributed by atoms with Gasteiger partial charge in [0, 0.05) is 10.7 Å². The molecule has 0 radical (unpaired) electrons. The molecule has 17 heavy (non-hydrogen) atoms. The Labute approximate surface area is 108 Å². The number of anilines is 1. The minimum absolute atomic E-state index is 0.135. The Morgan fingerprint density at radius 1 is 1.06 bits per heavy atom. The first-order valence-electron chi connectivity index (χ1n) is 6.39. The highest BCUT2D eigenvalue weighted by atomic mass is 35.5. The number of rotatable bonds is 3. The van der Waals surface area contributed by atoms with Gasteiger partial charge in [-0.2, -0.15) is 0 Å². The molecule has 0 saturated heterocycles. The fourth-order valence-electron chi connectivity index (χ4n) is 2.57.